The van der Waals surface area contributed by atoms with Gasteiger partial charge < -0.3 is 4.74 Å². The van der Waals surface area contributed by atoms with E-state index in [2.05, 4.69) is 0 Å². The largest absolute Gasteiger partial charge is 0.462 e. The van der Waals surface area contributed by atoms with Gasteiger partial charge in [-0.3, -0.25) is 4.79 Å². The Bertz CT molecular complexity index is 346. The van der Waals surface area contributed by atoms with Crippen LogP contribution in [0.2, 0.25) is 0 Å². The zero-order valence-electron chi connectivity index (χ0n) is 12.6. The van der Waals surface area contributed by atoms with Gasteiger partial charge in [0.1, 0.15) is 6.10 Å². The van der Waals surface area contributed by atoms with Gasteiger partial charge in [-0.1, -0.05) is 6.42 Å². The van der Waals surface area contributed by atoms with Crippen molar-refractivity contribution in [3.8, 4) is 0 Å². The number of rotatable bonds is 3. The second-order valence-electron chi connectivity index (χ2n) is 8.34. The lowest BCUT2D eigenvalue weighted by Crippen LogP contribution is -2.47. The van der Waals surface area contributed by atoms with Gasteiger partial charge in [-0.25, -0.2) is 0 Å². The van der Waals surface area contributed by atoms with E-state index in [0.717, 1.165) is 37.0 Å². The van der Waals surface area contributed by atoms with Crippen LogP contribution >= 0.6 is 0 Å². The van der Waals surface area contributed by atoms with Gasteiger partial charge in [-0.05, 0) is 87.4 Å². The highest BCUT2D eigenvalue weighted by Gasteiger charge is 2.51. The molecular weight excluding hydrogens is 248 g/mol. The fourth-order valence-electron chi connectivity index (χ4n) is 6.22. The predicted molar refractivity (Wildman–Crippen MR) is 78.2 cm³/mol. The Hall–Kier alpha value is -0.530. The molecule has 0 aromatic heterocycles. The molecule has 2 nitrogen and oxygen atoms in total. The number of hydrogen-bond donors (Lipinski definition) is 0. The molecule has 5 aliphatic carbocycles. The summed E-state index contributed by atoms with van der Waals surface area (Å²) in [5.74, 6) is 2.93. The predicted octanol–water partition coefficient (Wildman–Crippen LogP) is 4.47. The lowest BCUT2D eigenvalue weighted by atomic mass is 9.49. The van der Waals surface area contributed by atoms with Gasteiger partial charge in [0.2, 0.25) is 0 Å². The van der Waals surface area contributed by atoms with Crippen molar-refractivity contribution >= 4 is 5.97 Å². The van der Waals surface area contributed by atoms with Crippen molar-refractivity contribution in [1.82, 2.24) is 0 Å². The molecule has 4 bridgehead atoms. The van der Waals surface area contributed by atoms with E-state index in [1.807, 2.05) is 0 Å². The summed E-state index contributed by atoms with van der Waals surface area (Å²) in [4.78, 5) is 12.4. The third-order valence-electron chi connectivity index (χ3n) is 6.53. The van der Waals surface area contributed by atoms with Gasteiger partial charge in [-0.2, -0.15) is 0 Å². The molecule has 0 atom stereocenters. The molecule has 0 aromatic rings. The van der Waals surface area contributed by atoms with Crippen molar-refractivity contribution in [3.63, 3.8) is 0 Å². The minimum Gasteiger partial charge on any atom is -0.462 e. The summed E-state index contributed by atoms with van der Waals surface area (Å²) in [7, 11) is 0. The Morgan fingerprint density at radius 2 is 1.45 bits per heavy atom. The second kappa shape index (κ2) is 5.03. The normalized spacial score (nSPS) is 43.7. The summed E-state index contributed by atoms with van der Waals surface area (Å²) in [6.07, 6.45) is 15.3. The van der Waals surface area contributed by atoms with Crippen LogP contribution in [0, 0.1) is 23.2 Å². The maximum atomic E-state index is 12.4. The summed E-state index contributed by atoms with van der Waals surface area (Å²) in [5, 5.41) is 0. The molecular formula is C18H28O2. The number of ether oxygens (including phenoxy) is 1. The van der Waals surface area contributed by atoms with E-state index in [1.54, 1.807) is 0 Å². The third kappa shape index (κ3) is 2.51. The molecule has 5 rings (SSSR count). The van der Waals surface area contributed by atoms with Crippen LogP contribution in [-0.2, 0) is 9.53 Å². The first-order valence-corrected chi connectivity index (χ1v) is 8.90. The van der Waals surface area contributed by atoms with Gasteiger partial charge in [0.05, 0.1) is 6.42 Å². The van der Waals surface area contributed by atoms with Crippen LogP contribution in [0.3, 0.4) is 0 Å². The minimum atomic E-state index is 0.124. The molecule has 0 unspecified atom stereocenters. The second-order valence-corrected chi connectivity index (χ2v) is 8.34. The molecule has 2 heteroatoms. The van der Waals surface area contributed by atoms with Crippen LogP contribution in [0.5, 0.6) is 0 Å². The average molecular weight is 276 g/mol. The molecule has 0 N–H and O–H groups in total. The summed E-state index contributed by atoms with van der Waals surface area (Å²) >= 11 is 0. The summed E-state index contributed by atoms with van der Waals surface area (Å²) in [6.45, 7) is 0. The van der Waals surface area contributed by atoms with Gasteiger partial charge in [0.25, 0.3) is 0 Å². The maximum Gasteiger partial charge on any atom is 0.306 e. The van der Waals surface area contributed by atoms with Crippen LogP contribution in [0.1, 0.15) is 77.0 Å². The highest BCUT2D eigenvalue weighted by molar-refractivity contribution is 5.70. The molecule has 5 aliphatic rings. The van der Waals surface area contributed by atoms with Gasteiger partial charge >= 0.3 is 5.97 Å². The molecule has 20 heavy (non-hydrogen) atoms. The fourth-order valence-corrected chi connectivity index (χ4v) is 6.22. The fraction of sp³-hybridized carbons (Fsp3) is 0.944. The van der Waals surface area contributed by atoms with Crippen LogP contribution in [0.25, 0.3) is 0 Å². The van der Waals surface area contributed by atoms with Crippen LogP contribution < -0.4 is 0 Å². The Labute approximate surface area is 122 Å². The molecule has 5 fully saturated rings. The molecule has 0 aromatic carbocycles. The van der Waals surface area contributed by atoms with E-state index >= 15 is 0 Å². The highest BCUT2D eigenvalue weighted by Crippen LogP contribution is 2.61. The first-order chi connectivity index (χ1) is 9.71. The van der Waals surface area contributed by atoms with E-state index in [-0.39, 0.29) is 12.1 Å². The molecule has 0 heterocycles. The van der Waals surface area contributed by atoms with Gasteiger partial charge in [0, 0.05) is 0 Å². The monoisotopic (exact) mass is 276 g/mol. The highest BCUT2D eigenvalue weighted by atomic mass is 16.5. The lowest BCUT2D eigenvalue weighted by molar-refractivity contribution is -0.158. The number of carbonyl (C=O) groups is 1. The summed E-state index contributed by atoms with van der Waals surface area (Å²) in [5.41, 5.74) is 0.348. The van der Waals surface area contributed by atoms with E-state index in [1.165, 1.54) is 57.8 Å². The van der Waals surface area contributed by atoms with Crippen molar-refractivity contribution in [3.05, 3.63) is 0 Å². The SMILES string of the molecule is O=C(CC12CC3CC(CC(C3)C1)C2)OC1CCCCC1. The minimum absolute atomic E-state index is 0.124. The first-order valence-electron chi connectivity index (χ1n) is 8.90. The van der Waals surface area contributed by atoms with Gasteiger partial charge in [-0.15, -0.1) is 0 Å². The van der Waals surface area contributed by atoms with Crippen molar-refractivity contribution in [2.75, 3.05) is 0 Å². The summed E-state index contributed by atoms with van der Waals surface area (Å²) < 4.78 is 5.79. The van der Waals surface area contributed by atoms with Crippen molar-refractivity contribution in [1.29, 1.82) is 0 Å². The third-order valence-corrected chi connectivity index (χ3v) is 6.53. The topological polar surface area (TPSA) is 26.3 Å². The molecule has 0 aliphatic heterocycles. The smallest absolute Gasteiger partial charge is 0.306 e. The molecule has 5 saturated carbocycles. The maximum absolute atomic E-state index is 12.4. The number of hydrogen-bond acceptors (Lipinski definition) is 2. The number of esters is 1. The Morgan fingerprint density at radius 3 is 2.00 bits per heavy atom. The standard InChI is InChI=1S/C18H28O2/c19-17(20-16-4-2-1-3-5-16)12-18-9-13-6-14(10-18)8-15(7-13)11-18/h13-16H,1-12H2. The van der Waals surface area contributed by atoms with E-state index in [0.29, 0.717) is 5.41 Å². The Morgan fingerprint density at radius 1 is 0.900 bits per heavy atom. The Balaban J connectivity index is 1.37. The first kappa shape index (κ1) is 13.2. The number of carbonyl (C=O) groups excluding carboxylic acids is 1. The molecule has 0 saturated heterocycles. The van der Waals surface area contributed by atoms with Crippen molar-refractivity contribution < 1.29 is 9.53 Å². The molecule has 0 spiro atoms. The summed E-state index contributed by atoms with van der Waals surface area (Å²) in [6, 6.07) is 0. The molecule has 0 amide bonds. The van der Waals surface area contributed by atoms with E-state index < -0.39 is 0 Å². The molecule has 112 valence electrons. The zero-order chi connectivity index (χ0) is 13.6. The van der Waals surface area contributed by atoms with Crippen molar-refractivity contribution in [2.24, 2.45) is 23.2 Å². The van der Waals surface area contributed by atoms with E-state index in [9.17, 15) is 4.79 Å². The lowest BCUT2D eigenvalue weighted by Gasteiger charge is -2.56. The van der Waals surface area contributed by atoms with E-state index in [4.69, 9.17) is 4.74 Å². The zero-order valence-corrected chi connectivity index (χ0v) is 12.6. The quantitative estimate of drug-likeness (QED) is 0.711. The van der Waals surface area contributed by atoms with Crippen LogP contribution in [-0.4, -0.2) is 12.1 Å². The Kier molecular flexibility index (Phi) is 3.31. The average Bonchev–Trinajstić information content (AvgIpc) is 2.37. The van der Waals surface area contributed by atoms with Crippen LogP contribution in [0.15, 0.2) is 0 Å². The van der Waals surface area contributed by atoms with Gasteiger partial charge in [0.15, 0.2) is 0 Å². The molecule has 0 radical (unpaired) electrons. The van der Waals surface area contributed by atoms with Crippen molar-refractivity contribution in [2.45, 2.75) is 83.2 Å². The van der Waals surface area contributed by atoms with Crippen LogP contribution in [0.4, 0.5) is 0 Å².